The van der Waals surface area contributed by atoms with Gasteiger partial charge < -0.3 is 5.32 Å². The first-order chi connectivity index (χ1) is 16.9. The van der Waals surface area contributed by atoms with E-state index in [4.69, 9.17) is 5.10 Å². The molecular formula is C28H31FN4O2. The van der Waals surface area contributed by atoms with Crippen molar-refractivity contribution in [2.45, 2.75) is 70.5 Å². The number of carbonyl (C=O) groups is 2. The fourth-order valence-corrected chi connectivity index (χ4v) is 5.24. The molecule has 182 valence electrons. The summed E-state index contributed by atoms with van der Waals surface area (Å²) in [6.07, 6.45) is 6.14. The zero-order valence-electron chi connectivity index (χ0n) is 20.3. The van der Waals surface area contributed by atoms with Crippen molar-refractivity contribution in [3.63, 3.8) is 0 Å². The highest BCUT2D eigenvalue weighted by molar-refractivity contribution is 6.12. The number of hydrogen-bond acceptors (Lipinski definition) is 3. The van der Waals surface area contributed by atoms with E-state index in [1.807, 2.05) is 12.1 Å². The number of hydrogen-bond donors (Lipinski definition) is 1. The number of nitrogens with zero attached hydrogens (tertiary/aromatic N) is 3. The number of benzene rings is 2. The summed E-state index contributed by atoms with van der Waals surface area (Å²) in [6.45, 7) is 4.02. The highest BCUT2D eigenvalue weighted by atomic mass is 19.1. The molecule has 0 radical (unpaired) electrons. The summed E-state index contributed by atoms with van der Waals surface area (Å²) in [5.41, 5.74) is 2.28. The standard InChI is InChI=1S/C28H31FN4O2/c1-3-19-12-14-20(15-13-19)24-17-25-26(34)33(23-11-7-8-21(29)16-23)28(2,18-32(25)31-24)27(35)30-22-9-5-4-6-10-22/h7-8,11-17,22H,3-6,9-10,18H2,1-2H3,(H,30,35)/t28-/m0/s1. The maximum absolute atomic E-state index is 14.2. The van der Waals surface area contributed by atoms with Gasteiger partial charge in [0.2, 0.25) is 5.91 Å². The van der Waals surface area contributed by atoms with Gasteiger partial charge in [0.15, 0.2) is 0 Å². The Morgan fingerprint density at radius 1 is 1.11 bits per heavy atom. The summed E-state index contributed by atoms with van der Waals surface area (Å²) in [4.78, 5) is 29.0. The van der Waals surface area contributed by atoms with E-state index in [0.717, 1.165) is 37.7 Å². The third-order valence-electron chi connectivity index (χ3n) is 7.31. The van der Waals surface area contributed by atoms with Crippen LogP contribution in [0.4, 0.5) is 10.1 Å². The van der Waals surface area contributed by atoms with Crippen molar-refractivity contribution >= 4 is 17.5 Å². The molecule has 1 fully saturated rings. The zero-order chi connectivity index (χ0) is 24.6. The van der Waals surface area contributed by atoms with Crippen LogP contribution in [0.25, 0.3) is 11.3 Å². The smallest absolute Gasteiger partial charge is 0.277 e. The molecule has 0 unspecified atom stereocenters. The Balaban J connectivity index is 1.54. The fraction of sp³-hybridized carbons (Fsp3) is 0.393. The number of nitrogens with one attached hydrogen (secondary N) is 1. The Morgan fingerprint density at radius 3 is 2.54 bits per heavy atom. The van der Waals surface area contributed by atoms with Crippen LogP contribution in [-0.2, 0) is 17.8 Å². The highest BCUT2D eigenvalue weighted by Gasteiger charge is 2.49. The molecule has 5 rings (SSSR count). The maximum Gasteiger partial charge on any atom is 0.277 e. The molecular weight excluding hydrogens is 443 g/mol. The summed E-state index contributed by atoms with van der Waals surface area (Å²) in [7, 11) is 0. The molecule has 1 aliphatic carbocycles. The van der Waals surface area contributed by atoms with Crippen LogP contribution in [0, 0.1) is 5.82 Å². The first kappa shape index (κ1) is 23.3. The van der Waals surface area contributed by atoms with Gasteiger partial charge in [-0.2, -0.15) is 5.10 Å². The van der Waals surface area contributed by atoms with Crippen LogP contribution >= 0.6 is 0 Å². The van der Waals surface area contributed by atoms with Crippen LogP contribution in [0.3, 0.4) is 0 Å². The van der Waals surface area contributed by atoms with Crippen molar-refractivity contribution in [2.24, 2.45) is 0 Å². The SMILES string of the molecule is CCc1ccc(-c2cc3n(n2)C[C@@](C)(C(=O)NC2CCCCC2)N(c2cccc(F)c2)C3=O)cc1. The number of aryl methyl sites for hydroxylation is 1. The second-order valence-corrected chi connectivity index (χ2v) is 9.83. The average Bonchev–Trinajstić information content (AvgIpc) is 3.29. The van der Waals surface area contributed by atoms with E-state index in [9.17, 15) is 14.0 Å². The Kier molecular flexibility index (Phi) is 6.17. The summed E-state index contributed by atoms with van der Waals surface area (Å²) in [5.74, 6) is -1.06. The Bertz CT molecular complexity index is 1250. The van der Waals surface area contributed by atoms with Gasteiger partial charge in [0.25, 0.3) is 5.91 Å². The van der Waals surface area contributed by atoms with Crippen LogP contribution in [-0.4, -0.2) is 33.2 Å². The molecule has 6 nitrogen and oxygen atoms in total. The lowest BCUT2D eigenvalue weighted by atomic mass is 9.91. The molecule has 2 heterocycles. The minimum Gasteiger partial charge on any atom is -0.351 e. The van der Waals surface area contributed by atoms with Gasteiger partial charge in [0, 0.05) is 17.3 Å². The van der Waals surface area contributed by atoms with Crippen molar-refractivity contribution < 1.29 is 14.0 Å². The van der Waals surface area contributed by atoms with E-state index >= 15 is 0 Å². The predicted molar refractivity (Wildman–Crippen MR) is 134 cm³/mol. The Hall–Kier alpha value is -3.48. The molecule has 2 aromatic carbocycles. The number of fused-ring (bicyclic) bond motifs is 1. The van der Waals surface area contributed by atoms with Gasteiger partial charge in [-0.05, 0) is 56.0 Å². The fourth-order valence-electron chi connectivity index (χ4n) is 5.24. The van der Waals surface area contributed by atoms with Crippen molar-refractivity contribution in [3.8, 4) is 11.3 Å². The summed E-state index contributed by atoms with van der Waals surface area (Å²) in [6, 6.07) is 15.8. The first-order valence-electron chi connectivity index (χ1n) is 12.5. The van der Waals surface area contributed by atoms with Gasteiger partial charge in [-0.25, -0.2) is 4.39 Å². The molecule has 0 bridgehead atoms. The van der Waals surface area contributed by atoms with Gasteiger partial charge in [0.1, 0.15) is 17.1 Å². The van der Waals surface area contributed by atoms with Crippen LogP contribution in [0.5, 0.6) is 0 Å². The number of anilines is 1. The summed E-state index contributed by atoms with van der Waals surface area (Å²) >= 11 is 0. The monoisotopic (exact) mass is 474 g/mol. The molecule has 2 amide bonds. The Labute approximate surface area is 205 Å². The van der Waals surface area contributed by atoms with E-state index in [0.29, 0.717) is 17.1 Å². The number of amides is 2. The maximum atomic E-state index is 14.2. The molecule has 0 spiro atoms. The quantitative estimate of drug-likeness (QED) is 0.558. The first-order valence-corrected chi connectivity index (χ1v) is 12.5. The van der Waals surface area contributed by atoms with E-state index in [-0.39, 0.29) is 24.4 Å². The largest absolute Gasteiger partial charge is 0.351 e. The van der Waals surface area contributed by atoms with E-state index in [2.05, 4.69) is 24.4 Å². The molecule has 7 heteroatoms. The van der Waals surface area contributed by atoms with Crippen LogP contribution in [0.2, 0.25) is 0 Å². The normalized spacial score (nSPS) is 20.5. The molecule has 1 aliphatic heterocycles. The molecule has 2 aliphatic rings. The van der Waals surface area contributed by atoms with Gasteiger partial charge >= 0.3 is 0 Å². The summed E-state index contributed by atoms with van der Waals surface area (Å²) in [5, 5.41) is 7.89. The molecule has 35 heavy (non-hydrogen) atoms. The van der Waals surface area contributed by atoms with Crippen LogP contribution in [0.1, 0.15) is 62.0 Å². The van der Waals surface area contributed by atoms with Crippen molar-refractivity contribution in [2.75, 3.05) is 4.90 Å². The molecule has 1 atom stereocenters. The predicted octanol–water partition coefficient (Wildman–Crippen LogP) is 5.12. The van der Waals surface area contributed by atoms with Gasteiger partial charge in [-0.1, -0.05) is 56.5 Å². The van der Waals surface area contributed by atoms with E-state index in [1.54, 1.807) is 29.8 Å². The highest BCUT2D eigenvalue weighted by Crippen LogP contribution is 2.35. The number of rotatable bonds is 5. The lowest BCUT2D eigenvalue weighted by molar-refractivity contribution is -0.127. The minimum absolute atomic E-state index is 0.0872. The number of carbonyl (C=O) groups excluding carboxylic acids is 2. The molecule has 1 aromatic heterocycles. The number of halogens is 1. The van der Waals surface area contributed by atoms with Gasteiger partial charge in [0.05, 0.1) is 12.2 Å². The number of aromatic nitrogens is 2. The van der Waals surface area contributed by atoms with E-state index < -0.39 is 11.4 Å². The average molecular weight is 475 g/mol. The van der Waals surface area contributed by atoms with Gasteiger partial charge in [-0.3, -0.25) is 19.2 Å². The third kappa shape index (κ3) is 4.35. The lowest BCUT2D eigenvalue weighted by Gasteiger charge is -2.44. The molecule has 1 saturated carbocycles. The molecule has 0 saturated heterocycles. The van der Waals surface area contributed by atoms with E-state index in [1.165, 1.54) is 29.0 Å². The van der Waals surface area contributed by atoms with Crippen molar-refractivity contribution in [1.29, 1.82) is 0 Å². The topological polar surface area (TPSA) is 67.2 Å². The second kappa shape index (κ2) is 9.29. The van der Waals surface area contributed by atoms with Crippen LogP contribution < -0.4 is 10.2 Å². The summed E-state index contributed by atoms with van der Waals surface area (Å²) < 4.78 is 15.8. The molecule has 1 N–H and O–H groups in total. The van der Waals surface area contributed by atoms with Crippen LogP contribution in [0.15, 0.2) is 54.6 Å². The zero-order valence-corrected chi connectivity index (χ0v) is 20.3. The third-order valence-corrected chi connectivity index (χ3v) is 7.31. The Morgan fingerprint density at radius 2 is 1.86 bits per heavy atom. The van der Waals surface area contributed by atoms with Crippen molar-refractivity contribution in [1.82, 2.24) is 15.1 Å². The van der Waals surface area contributed by atoms with Crippen molar-refractivity contribution in [3.05, 3.63) is 71.7 Å². The second-order valence-electron chi connectivity index (χ2n) is 9.83. The lowest BCUT2D eigenvalue weighted by Crippen LogP contribution is -2.65. The minimum atomic E-state index is -1.26. The molecule has 3 aromatic rings. The van der Waals surface area contributed by atoms with Gasteiger partial charge in [-0.15, -0.1) is 0 Å².